The third-order valence-electron chi connectivity index (χ3n) is 4.29. The minimum Gasteiger partial charge on any atom is -0.378 e. The van der Waals surface area contributed by atoms with Crippen LogP contribution in [0.2, 0.25) is 0 Å². The first-order valence-corrected chi connectivity index (χ1v) is 7.31. The lowest BCUT2D eigenvalue weighted by atomic mass is 10.2. The maximum atomic E-state index is 12.5. The van der Waals surface area contributed by atoms with Gasteiger partial charge in [-0.2, -0.15) is 0 Å². The summed E-state index contributed by atoms with van der Waals surface area (Å²) in [4.78, 5) is 20.9. The lowest BCUT2D eigenvalue weighted by Crippen LogP contribution is -2.47. The Morgan fingerprint density at radius 2 is 2.10 bits per heavy atom. The van der Waals surface area contributed by atoms with Crippen molar-refractivity contribution in [3.05, 3.63) is 17.7 Å². The molecule has 6 heteroatoms. The molecule has 1 saturated heterocycles. The van der Waals surface area contributed by atoms with Crippen molar-refractivity contribution in [1.29, 1.82) is 0 Å². The smallest absolute Gasteiger partial charge is 0.320 e. The number of nitrogens with zero attached hydrogens (tertiary/aromatic N) is 4. The molecule has 1 atom stereocenters. The van der Waals surface area contributed by atoms with Crippen molar-refractivity contribution in [2.45, 2.75) is 39.0 Å². The molecule has 0 saturated carbocycles. The lowest BCUT2D eigenvalue weighted by molar-refractivity contribution is 0.126. The van der Waals surface area contributed by atoms with Gasteiger partial charge < -0.3 is 19.1 Å². The number of rotatable bonds is 2. The molecule has 1 unspecified atom stereocenters. The summed E-state index contributed by atoms with van der Waals surface area (Å²) in [5.41, 5.74) is 1.09. The largest absolute Gasteiger partial charge is 0.378 e. The Morgan fingerprint density at radius 3 is 2.80 bits per heavy atom. The number of carbonyl (C=O) groups is 1. The van der Waals surface area contributed by atoms with E-state index in [4.69, 9.17) is 4.74 Å². The van der Waals surface area contributed by atoms with Crippen molar-refractivity contribution >= 4 is 6.03 Å². The molecule has 0 aromatic carbocycles. The Labute approximate surface area is 119 Å². The summed E-state index contributed by atoms with van der Waals surface area (Å²) >= 11 is 0. The van der Waals surface area contributed by atoms with Crippen LogP contribution in [0.1, 0.15) is 37.3 Å². The van der Waals surface area contributed by atoms with E-state index in [0.717, 1.165) is 50.5 Å². The van der Waals surface area contributed by atoms with Gasteiger partial charge >= 0.3 is 6.03 Å². The number of ether oxygens (including phenoxy) is 1. The molecule has 0 N–H and O–H groups in total. The topological polar surface area (TPSA) is 50.6 Å². The van der Waals surface area contributed by atoms with Gasteiger partial charge in [-0.05, 0) is 19.8 Å². The first-order chi connectivity index (χ1) is 9.72. The second-order valence-corrected chi connectivity index (χ2v) is 5.54. The third-order valence-corrected chi connectivity index (χ3v) is 4.29. The van der Waals surface area contributed by atoms with Crippen LogP contribution in [0, 0.1) is 0 Å². The Kier molecular flexibility index (Phi) is 3.65. The van der Waals surface area contributed by atoms with Crippen LogP contribution in [0.5, 0.6) is 0 Å². The Bertz CT molecular complexity index is 493. The first kappa shape index (κ1) is 13.4. The van der Waals surface area contributed by atoms with Gasteiger partial charge in [0.2, 0.25) is 0 Å². The average molecular weight is 278 g/mol. The SMILES string of the molecule is COCc1cnc2n1CCN(C(=O)N1CCCC1)C2C. The van der Waals surface area contributed by atoms with Gasteiger partial charge in [-0.1, -0.05) is 0 Å². The molecule has 2 aliphatic rings. The van der Waals surface area contributed by atoms with Crippen LogP contribution in [-0.2, 0) is 17.9 Å². The molecule has 6 nitrogen and oxygen atoms in total. The van der Waals surface area contributed by atoms with Crippen LogP contribution in [0.15, 0.2) is 6.20 Å². The van der Waals surface area contributed by atoms with E-state index in [1.807, 2.05) is 16.0 Å². The molecule has 3 heterocycles. The number of aromatic nitrogens is 2. The standard InChI is InChI=1S/C14H22N4O2/c1-11-13-15-9-12(10-20-2)18(13)8-7-17(11)14(19)16-5-3-4-6-16/h9,11H,3-8,10H2,1-2H3. The van der Waals surface area contributed by atoms with E-state index in [0.29, 0.717) is 6.61 Å². The van der Waals surface area contributed by atoms with Gasteiger partial charge in [0.25, 0.3) is 0 Å². The second-order valence-electron chi connectivity index (χ2n) is 5.54. The van der Waals surface area contributed by atoms with Gasteiger partial charge in [0.05, 0.1) is 24.5 Å². The quantitative estimate of drug-likeness (QED) is 0.826. The van der Waals surface area contributed by atoms with Crippen LogP contribution in [0.3, 0.4) is 0 Å². The van der Waals surface area contributed by atoms with Gasteiger partial charge in [-0.3, -0.25) is 0 Å². The minimum absolute atomic E-state index is 0.0301. The molecule has 0 bridgehead atoms. The molecule has 1 aromatic heterocycles. The Hall–Kier alpha value is -1.56. The fraction of sp³-hybridized carbons (Fsp3) is 0.714. The molecule has 110 valence electrons. The van der Waals surface area contributed by atoms with Crippen LogP contribution in [-0.4, -0.2) is 52.1 Å². The minimum atomic E-state index is 0.0301. The number of urea groups is 1. The zero-order valence-corrected chi connectivity index (χ0v) is 12.2. The predicted octanol–water partition coefficient (Wildman–Crippen LogP) is 1.62. The van der Waals surface area contributed by atoms with Crippen LogP contribution in [0.25, 0.3) is 0 Å². The maximum absolute atomic E-state index is 12.5. The van der Waals surface area contributed by atoms with Gasteiger partial charge in [0.1, 0.15) is 5.82 Å². The number of imidazole rings is 1. The molecule has 1 aromatic rings. The highest BCUT2D eigenvalue weighted by Crippen LogP contribution is 2.27. The van der Waals surface area contributed by atoms with E-state index in [2.05, 4.69) is 16.5 Å². The van der Waals surface area contributed by atoms with Crippen LogP contribution in [0.4, 0.5) is 4.79 Å². The zero-order valence-electron chi connectivity index (χ0n) is 12.2. The van der Waals surface area contributed by atoms with E-state index in [1.54, 1.807) is 7.11 Å². The molecule has 20 heavy (non-hydrogen) atoms. The van der Waals surface area contributed by atoms with E-state index in [9.17, 15) is 4.79 Å². The normalized spacial score (nSPS) is 22.2. The monoisotopic (exact) mass is 278 g/mol. The number of hydrogen-bond acceptors (Lipinski definition) is 3. The van der Waals surface area contributed by atoms with Gasteiger partial charge in [0.15, 0.2) is 0 Å². The number of hydrogen-bond donors (Lipinski definition) is 0. The van der Waals surface area contributed by atoms with Crippen molar-refractivity contribution in [2.24, 2.45) is 0 Å². The Balaban J connectivity index is 1.78. The summed E-state index contributed by atoms with van der Waals surface area (Å²) in [5.74, 6) is 0.968. The van der Waals surface area contributed by atoms with Crippen molar-refractivity contribution in [2.75, 3.05) is 26.7 Å². The second kappa shape index (κ2) is 5.44. The summed E-state index contributed by atoms with van der Waals surface area (Å²) in [6, 6.07) is 0.194. The maximum Gasteiger partial charge on any atom is 0.320 e. The number of carbonyl (C=O) groups excluding carboxylic acids is 1. The number of fused-ring (bicyclic) bond motifs is 1. The first-order valence-electron chi connectivity index (χ1n) is 7.31. The van der Waals surface area contributed by atoms with Crippen LogP contribution >= 0.6 is 0 Å². The van der Waals surface area contributed by atoms with E-state index >= 15 is 0 Å². The van der Waals surface area contributed by atoms with Crippen LogP contribution < -0.4 is 0 Å². The summed E-state index contributed by atoms with van der Waals surface area (Å²) in [7, 11) is 1.69. The zero-order chi connectivity index (χ0) is 14.1. The highest BCUT2D eigenvalue weighted by Gasteiger charge is 2.33. The highest BCUT2D eigenvalue weighted by molar-refractivity contribution is 5.75. The fourth-order valence-electron chi connectivity index (χ4n) is 3.17. The van der Waals surface area contributed by atoms with Crippen molar-refractivity contribution in [1.82, 2.24) is 19.4 Å². The molecule has 0 spiro atoms. The summed E-state index contributed by atoms with van der Waals surface area (Å²) in [5, 5.41) is 0. The van der Waals surface area contributed by atoms with Crippen molar-refractivity contribution in [3.63, 3.8) is 0 Å². The summed E-state index contributed by atoms with van der Waals surface area (Å²) in [6.45, 7) is 5.97. The Morgan fingerprint density at radius 1 is 1.35 bits per heavy atom. The molecule has 1 fully saturated rings. The van der Waals surface area contributed by atoms with E-state index in [-0.39, 0.29) is 12.1 Å². The molecular weight excluding hydrogens is 256 g/mol. The van der Waals surface area contributed by atoms with Crippen molar-refractivity contribution < 1.29 is 9.53 Å². The number of amides is 2. The van der Waals surface area contributed by atoms with Gasteiger partial charge in [-0.25, -0.2) is 9.78 Å². The summed E-state index contributed by atoms with van der Waals surface area (Å²) < 4.78 is 7.38. The number of likely N-dealkylation sites (tertiary alicyclic amines) is 1. The van der Waals surface area contributed by atoms with Crippen molar-refractivity contribution in [3.8, 4) is 0 Å². The van der Waals surface area contributed by atoms with Gasteiger partial charge in [0, 0.05) is 33.3 Å². The fourth-order valence-corrected chi connectivity index (χ4v) is 3.17. The molecule has 2 aliphatic heterocycles. The molecular formula is C14H22N4O2. The highest BCUT2D eigenvalue weighted by atomic mass is 16.5. The lowest BCUT2D eigenvalue weighted by Gasteiger charge is -2.36. The third kappa shape index (κ3) is 2.18. The predicted molar refractivity (Wildman–Crippen MR) is 74.3 cm³/mol. The molecule has 0 aliphatic carbocycles. The molecule has 3 rings (SSSR count). The van der Waals surface area contributed by atoms with Gasteiger partial charge in [-0.15, -0.1) is 0 Å². The summed E-state index contributed by atoms with van der Waals surface area (Å²) in [6.07, 6.45) is 4.11. The molecule has 2 amide bonds. The van der Waals surface area contributed by atoms with E-state index < -0.39 is 0 Å². The number of methoxy groups -OCH3 is 1. The molecule has 0 radical (unpaired) electrons. The van der Waals surface area contributed by atoms with E-state index in [1.165, 1.54) is 0 Å². The average Bonchev–Trinajstić information content (AvgIpc) is 3.09.